The Morgan fingerprint density at radius 2 is 1.48 bits per heavy atom. The summed E-state index contributed by atoms with van der Waals surface area (Å²) in [5.41, 5.74) is 1.40. The molecular formula is C24H26Cl4N2O2S. The lowest BCUT2D eigenvalue weighted by Gasteiger charge is -2.30. The minimum Gasteiger partial charge on any atom is -0.352 e. The second kappa shape index (κ2) is 12.6. The largest absolute Gasteiger partial charge is 0.352 e. The van der Waals surface area contributed by atoms with Gasteiger partial charge in [0.25, 0.3) is 0 Å². The zero-order valence-corrected chi connectivity index (χ0v) is 22.1. The van der Waals surface area contributed by atoms with Gasteiger partial charge in [0, 0.05) is 44.0 Å². The summed E-state index contributed by atoms with van der Waals surface area (Å²) < 4.78 is 0. The Kier molecular flexibility index (Phi) is 10.1. The Hall–Kier alpha value is -1.11. The first kappa shape index (κ1) is 26.5. The standard InChI is InChI=1S/C24H26Cl4N2O2S/c1-15(24(32)29-16-6-2-3-7-16)30(12-17-19(25)8-4-9-20(17)26)23(31)14-33-13-18-21(27)10-5-11-22(18)28/h4-5,8-11,15-16H,2-3,6-7,12-14H2,1H3,(H,29,32)/t15-/m0/s1. The van der Waals surface area contributed by atoms with Crippen molar-refractivity contribution in [2.75, 3.05) is 5.75 Å². The summed E-state index contributed by atoms with van der Waals surface area (Å²) in [6.45, 7) is 1.88. The average Bonchev–Trinajstić information content (AvgIpc) is 3.28. The molecule has 0 unspecified atom stereocenters. The molecule has 0 radical (unpaired) electrons. The highest BCUT2D eigenvalue weighted by atomic mass is 35.5. The van der Waals surface area contributed by atoms with E-state index in [9.17, 15) is 9.59 Å². The van der Waals surface area contributed by atoms with E-state index in [0.29, 0.717) is 31.4 Å². The third-order valence-electron chi connectivity index (χ3n) is 5.79. The number of nitrogens with one attached hydrogen (secondary N) is 1. The first-order valence-electron chi connectivity index (χ1n) is 10.8. The number of carbonyl (C=O) groups is 2. The van der Waals surface area contributed by atoms with Gasteiger partial charge in [-0.1, -0.05) is 71.4 Å². The molecular weight excluding hydrogens is 522 g/mol. The van der Waals surface area contributed by atoms with E-state index in [1.807, 2.05) is 0 Å². The molecule has 2 aromatic carbocycles. The Morgan fingerprint density at radius 1 is 0.970 bits per heavy atom. The molecule has 0 aliphatic heterocycles. The van der Waals surface area contributed by atoms with Gasteiger partial charge < -0.3 is 10.2 Å². The highest BCUT2D eigenvalue weighted by molar-refractivity contribution is 7.99. The molecule has 9 heteroatoms. The number of thioether (sulfide) groups is 1. The van der Waals surface area contributed by atoms with E-state index in [0.717, 1.165) is 31.2 Å². The fourth-order valence-electron chi connectivity index (χ4n) is 3.82. The van der Waals surface area contributed by atoms with Gasteiger partial charge in [0.1, 0.15) is 6.04 Å². The molecule has 1 fully saturated rings. The number of rotatable bonds is 9. The van der Waals surface area contributed by atoms with Crippen molar-refractivity contribution in [2.45, 2.75) is 57.0 Å². The molecule has 2 aromatic rings. The third-order valence-corrected chi connectivity index (χ3v) is 8.15. The summed E-state index contributed by atoms with van der Waals surface area (Å²) in [6, 6.07) is 10.0. The third kappa shape index (κ3) is 7.19. The van der Waals surface area contributed by atoms with Crippen LogP contribution in [0.3, 0.4) is 0 Å². The monoisotopic (exact) mass is 546 g/mol. The maximum atomic E-state index is 13.3. The maximum Gasteiger partial charge on any atom is 0.242 e. The molecule has 0 spiro atoms. The predicted octanol–water partition coefficient (Wildman–Crippen LogP) is 7.01. The molecule has 33 heavy (non-hydrogen) atoms. The number of nitrogens with zero attached hydrogens (tertiary/aromatic N) is 1. The lowest BCUT2D eigenvalue weighted by Crippen LogP contribution is -2.50. The number of hydrogen-bond donors (Lipinski definition) is 1. The van der Waals surface area contributed by atoms with Crippen LogP contribution in [0.15, 0.2) is 36.4 Å². The van der Waals surface area contributed by atoms with Crippen LogP contribution >= 0.6 is 58.2 Å². The van der Waals surface area contributed by atoms with Gasteiger partial charge in [0.15, 0.2) is 0 Å². The molecule has 1 saturated carbocycles. The van der Waals surface area contributed by atoms with Gasteiger partial charge >= 0.3 is 0 Å². The number of amides is 2. The highest BCUT2D eigenvalue weighted by Gasteiger charge is 2.29. The fraction of sp³-hybridized carbons (Fsp3) is 0.417. The summed E-state index contributed by atoms with van der Waals surface area (Å²) in [4.78, 5) is 27.8. The molecule has 0 saturated heterocycles. The molecule has 3 rings (SSSR count). The van der Waals surface area contributed by atoms with Crippen LogP contribution in [0.2, 0.25) is 20.1 Å². The fourth-order valence-corrected chi connectivity index (χ4v) is 5.99. The van der Waals surface area contributed by atoms with Crippen LogP contribution in [0.25, 0.3) is 0 Å². The van der Waals surface area contributed by atoms with E-state index in [4.69, 9.17) is 46.4 Å². The molecule has 0 aromatic heterocycles. The number of halogens is 4. The summed E-state index contributed by atoms with van der Waals surface area (Å²) in [5, 5.41) is 5.12. The molecule has 1 N–H and O–H groups in total. The molecule has 178 valence electrons. The van der Waals surface area contributed by atoms with Crippen LogP contribution in [0.4, 0.5) is 0 Å². The predicted molar refractivity (Wildman–Crippen MR) is 139 cm³/mol. The van der Waals surface area contributed by atoms with Crippen molar-refractivity contribution in [2.24, 2.45) is 0 Å². The van der Waals surface area contributed by atoms with Gasteiger partial charge in [-0.05, 0) is 49.6 Å². The molecule has 0 heterocycles. The van der Waals surface area contributed by atoms with Gasteiger partial charge in [-0.3, -0.25) is 9.59 Å². The van der Waals surface area contributed by atoms with E-state index in [1.165, 1.54) is 11.8 Å². The number of carbonyl (C=O) groups excluding carboxylic acids is 2. The minimum atomic E-state index is -0.671. The van der Waals surface area contributed by atoms with E-state index in [1.54, 1.807) is 48.2 Å². The SMILES string of the molecule is C[C@@H](C(=O)NC1CCCC1)N(Cc1c(Cl)cccc1Cl)C(=O)CSCc1c(Cl)cccc1Cl. The quantitative estimate of drug-likeness (QED) is 0.367. The van der Waals surface area contributed by atoms with Crippen LogP contribution in [-0.4, -0.2) is 34.6 Å². The zero-order chi connectivity index (χ0) is 24.0. The van der Waals surface area contributed by atoms with Gasteiger partial charge in [-0.2, -0.15) is 0 Å². The number of hydrogen-bond acceptors (Lipinski definition) is 3. The smallest absolute Gasteiger partial charge is 0.242 e. The summed E-state index contributed by atoms with van der Waals surface area (Å²) >= 11 is 26.6. The average molecular weight is 548 g/mol. The summed E-state index contributed by atoms with van der Waals surface area (Å²) in [7, 11) is 0. The zero-order valence-electron chi connectivity index (χ0n) is 18.3. The molecule has 1 aliphatic carbocycles. The lowest BCUT2D eigenvalue weighted by atomic mass is 10.1. The van der Waals surface area contributed by atoms with E-state index >= 15 is 0 Å². The van der Waals surface area contributed by atoms with Crippen molar-refractivity contribution < 1.29 is 9.59 Å². The molecule has 1 atom stereocenters. The molecule has 0 bridgehead atoms. The maximum absolute atomic E-state index is 13.3. The molecule has 4 nitrogen and oxygen atoms in total. The Balaban J connectivity index is 1.73. The van der Waals surface area contributed by atoms with Crippen LogP contribution < -0.4 is 5.32 Å². The van der Waals surface area contributed by atoms with Gasteiger partial charge in [-0.25, -0.2) is 0 Å². The van der Waals surface area contributed by atoms with E-state index in [2.05, 4.69) is 5.32 Å². The van der Waals surface area contributed by atoms with Crippen LogP contribution in [-0.2, 0) is 21.9 Å². The van der Waals surface area contributed by atoms with Crippen molar-refractivity contribution >= 4 is 70.0 Å². The molecule has 2 amide bonds. The van der Waals surface area contributed by atoms with E-state index < -0.39 is 6.04 Å². The Labute approximate surface area is 219 Å². The van der Waals surface area contributed by atoms with Crippen LogP contribution in [0.1, 0.15) is 43.7 Å². The normalized spacial score (nSPS) is 14.8. The van der Waals surface area contributed by atoms with Crippen molar-refractivity contribution in [3.63, 3.8) is 0 Å². The number of benzene rings is 2. The first-order valence-corrected chi connectivity index (χ1v) is 13.5. The van der Waals surface area contributed by atoms with Crippen molar-refractivity contribution in [3.8, 4) is 0 Å². The molecule has 1 aliphatic rings. The lowest BCUT2D eigenvalue weighted by molar-refractivity contribution is -0.138. The van der Waals surface area contributed by atoms with Gasteiger partial charge in [0.05, 0.1) is 5.75 Å². The second-order valence-corrected chi connectivity index (χ2v) is 10.7. The first-order chi connectivity index (χ1) is 15.8. The Morgan fingerprint density at radius 3 is 2.03 bits per heavy atom. The van der Waals surface area contributed by atoms with Crippen molar-refractivity contribution in [1.82, 2.24) is 10.2 Å². The summed E-state index contributed by atoms with van der Waals surface area (Å²) in [5.74, 6) is 0.281. The van der Waals surface area contributed by atoms with Gasteiger partial charge in [0.2, 0.25) is 11.8 Å². The van der Waals surface area contributed by atoms with Gasteiger partial charge in [-0.15, -0.1) is 11.8 Å². The highest BCUT2D eigenvalue weighted by Crippen LogP contribution is 2.30. The topological polar surface area (TPSA) is 49.4 Å². The van der Waals surface area contributed by atoms with Crippen molar-refractivity contribution in [3.05, 3.63) is 67.6 Å². The Bertz CT molecular complexity index is 958. The van der Waals surface area contributed by atoms with Crippen molar-refractivity contribution in [1.29, 1.82) is 0 Å². The second-order valence-electron chi connectivity index (χ2n) is 8.08. The minimum absolute atomic E-state index is 0.143. The van der Waals surface area contributed by atoms with Crippen LogP contribution in [0, 0.1) is 0 Å². The van der Waals surface area contributed by atoms with Crippen LogP contribution in [0.5, 0.6) is 0 Å². The van der Waals surface area contributed by atoms with E-state index in [-0.39, 0.29) is 30.2 Å². The summed E-state index contributed by atoms with van der Waals surface area (Å²) in [6.07, 6.45) is 4.16.